The first-order valence-corrected chi connectivity index (χ1v) is 5.33. The molecule has 84 valence electrons. The molecule has 0 radical (unpaired) electrons. The van der Waals surface area contributed by atoms with Gasteiger partial charge in [0.05, 0.1) is 12.2 Å². The minimum absolute atomic E-state index is 0.254. The quantitative estimate of drug-likeness (QED) is 0.812. The van der Waals surface area contributed by atoms with E-state index in [2.05, 4.69) is 27.3 Å². The molecule has 0 fully saturated rings. The standard InChI is InChI=1S/C11H15N5/c1-10(11-4-2-3-5-14-11)13-6-7-16-9-12-8-15-16/h2-5,8-10,13H,6-7H2,1H3. The van der Waals surface area contributed by atoms with E-state index in [9.17, 15) is 0 Å². The lowest BCUT2D eigenvalue weighted by Gasteiger charge is -2.12. The van der Waals surface area contributed by atoms with E-state index in [-0.39, 0.29) is 6.04 Å². The third-order valence-electron chi connectivity index (χ3n) is 2.39. The Kier molecular flexibility index (Phi) is 3.61. The maximum atomic E-state index is 4.30. The van der Waals surface area contributed by atoms with E-state index in [1.165, 1.54) is 0 Å². The Balaban J connectivity index is 1.78. The van der Waals surface area contributed by atoms with Crippen LogP contribution in [0.15, 0.2) is 37.1 Å². The van der Waals surface area contributed by atoms with E-state index < -0.39 is 0 Å². The zero-order valence-corrected chi connectivity index (χ0v) is 9.24. The van der Waals surface area contributed by atoms with E-state index in [0.717, 1.165) is 18.8 Å². The van der Waals surface area contributed by atoms with Crippen LogP contribution in [0.3, 0.4) is 0 Å². The van der Waals surface area contributed by atoms with Crippen molar-refractivity contribution >= 4 is 0 Å². The molecule has 5 heteroatoms. The van der Waals surface area contributed by atoms with Gasteiger partial charge in [-0.05, 0) is 19.1 Å². The first-order chi connectivity index (χ1) is 7.86. The van der Waals surface area contributed by atoms with Crippen molar-refractivity contribution in [3.05, 3.63) is 42.7 Å². The van der Waals surface area contributed by atoms with Crippen molar-refractivity contribution in [2.75, 3.05) is 6.54 Å². The SMILES string of the molecule is CC(NCCn1cncn1)c1ccccn1. The zero-order chi connectivity index (χ0) is 11.2. The van der Waals surface area contributed by atoms with E-state index in [1.807, 2.05) is 24.4 Å². The highest BCUT2D eigenvalue weighted by Crippen LogP contribution is 2.06. The summed E-state index contributed by atoms with van der Waals surface area (Å²) in [5.41, 5.74) is 1.06. The average molecular weight is 217 g/mol. The van der Waals surface area contributed by atoms with Crippen LogP contribution in [0.5, 0.6) is 0 Å². The molecule has 0 bridgehead atoms. The van der Waals surface area contributed by atoms with Gasteiger partial charge in [-0.1, -0.05) is 6.07 Å². The molecule has 5 nitrogen and oxygen atoms in total. The summed E-state index contributed by atoms with van der Waals surface area (Å²) in [6.07, 6.45) is 5.07. The van der Waals surface area contributed by atoms with E-state index in [0.29, 0.717) is 0 Å². The molecule has 0 amide bonds. The van der Waals surface area contributed by atoms with Gasteiger partial charge < -0.3 is 5.32 Å². The number of rotatable bonds is 5. The van der Waals surface area contributed by atoms with Gasteiger partial charge in [-0.3, -0.25) is 9.67 Å². The Labute approximate surface area is 94.5 Å². The number of hydrogen-bond donors (Lipinski definition) is 1. The summed E-state index contributed by atoms with van der Waals surface area (Å²) in [6.45, 7) is 3.77. The highest BCUT2D eigenvalue weighted by molar-refractivity contribution is 5.07. The predicted octanol–water partition coefficient (Wildman–Crippen LogP) is 1.02. The third kappa shape index (κ3) is 2.87. The molecule has 2 aromatic rings. The lowest BCUT2D eigenvalue weighted by Crippen LogP contribution is -2.24. The normalized spacial score (nSPS) is 12.6. The number of nitrogens with zero attached hydrogens (tertiary/aromatic N) is 4. The summed E-state index contributed by atoms with van der Waals surface area (Å²) in [5.74, 6) is 0. The lowest BCUT2D eigenvalue weighted by molar-refractivity contribution is 0.500. The molecule has 2 heterocycles. The summed E-state index contributed by atoms with van der Waals surface area (Å²) in [7, 11) is 0. The maximum absolute atomic E-state index is 4.30. The fourth-order valence-corrected chi connectivity index (χ4v) is 1.48. The Bertz CT molecular complexity index is 398. The third-order valence-corrected chi connectivity index (χ3v) is 2.39. The van der Waals surface area contributed by atoms with Crippen molar-refractivity contribution in [3.63, 3.8) is 0 Å². The Morgan fingerprint density at radius 1 is 1.44 bits per heavy atom. The molecule has 16 heavy (non-hydrogen) atoms. The van der Waals surface area contributed by atoms with Crippen LogP contribution in [0.25, 0.3) is 0 Å². The Hall–Kier alpha value is -1.75. The van der Waals surface area contributed by atoms with Gasteiger partial charge in [0.25, 0.3) is 0 Å². The molecule has 2 aromatic heterocycles. The number of aromatic nitrogens is 4. The summed E-state index contributed by atoms with van der Waals surface area (Å²) in [5, 5.41) is 7.42. The maximum Gasteiger partial charge on any atom is 0.137 e. The van der Waals surface area contributed by atoms with Crippen LogP contribution < -0.4 is 5.32 Å². The topological polar surface area (TPSA) is 55.6 Å². The molecular formula is C11H15N5. The molecule has 1 atom stereocenters. The second-order valence-electron chi connectivity index (χ2n) is 3.59. The predicted molar refractivity (Wildman–Crippen MR) is 60.7 cm³/mol. The van der Waals surface area contributed by atoms with Crippen LogP contribution >= 0.6 is 0 Å². The largest absolute Gasteiger partial charge is 0.307 e. The van der Waals surface area contributed by atoms with Crippen LogP contribution in [0.4, 0.5) is 0 Å². The fraction of sp³-hybridized carbons (Fsp3) is 0.364. The Morgan fingerprint density at radius 2 is 2.38 bits per heavy atom. The summed E-state index contributed by atoms with van der Waals surface area (Å²) < 4.78 is 1.80. The molecule has 0 aromatic carbocycles. The molecule has 0 spiro atoms. The van der Waals surface area contributed by atoms with Gasteiger partial charge in [0.2, 0.25) is 0 Å². The summed E-state index contributed by atoms with van der Waals surface area (Å²) in [4.78, 5) is 8.19. The number of nitrogens with one attached hydrogen (secondary N) is 1. The van der Waals surface area contributed by atoms with Crippen molar-refractivity contribution in [2.24, 2.45) is 0 Å². The molecule has 1 N–H and O–H groups in total. The van der Waals surface area contributed by atoms with Gasteiger partial charge in [0, 0.05) is 18.8 Å². The van der Waals surface area contributed by atoms with E-state index in [1.54, 1.807) is 17.3 Å². The number of hydrogen-bond acceptors (Lipinski definition) is 4. The Morgan fingerprint density at radius 3 is 3.06 bits per heavy atom. The van der Waals surface area contributed by atoms with Crippen LogP contribution in [0.1, 0.15) is 18.7 Å². The highest BCUT2D eigenvalue weighted by Gasteiger charge is 2.04. The molecule has 2 rings (SSSR count). The van der Waals surface area contributed by atoms with Crippen molar-refractivity contribution in [2.45, 2.75) is 19.5 Å². The van der Waals surface area contributed by atoms with Crippen molar-refractivity contribution in [1.82, 2.24) is 25.1 Å². The summed E-state index contributed by atoms with van der Waals surface area (Å²) >= 11 is 0. The first kappa shape index (κ1) is 10.8. The molecular weight excluding hydrogens is 202 g/mol. The van der Waals surface area contributed by atoms with Gasteiger partial charge in [-0.15, -0.1) is 0 Å². The van der Waals surface area contributed by atoms with Gasteiger partial charge >= 0.3 is 0 Å². The fourth-order valence-electron chi connectivity index (χ4n) is 1.48. The second-order valence-corrected chi connectivity index (χ2v) is 3.59. The molecule has 0 aliphatic heterocycles. The monoisotopic (exact) mass is 217 g/mol. The lowest BCUT2D eigenvalue weighted by atomic mass is 10.2. The van der Waals surface area contributed by atoms with Crippen LogP contribution in [-0.4, -0.2) is 26.3 Å². The second kappa shape index (κ2) is 5.37. The molecule has 0 saturated heterocycles. The molecule has 1 unspecified atom stereocenters. The zero-order valence-electron chi connectivity index (χ0n) is 9.24. The molecule has 0 saturated carbocycles. The van der Waals surface area contributed by atoms with Crippen molar-refractivity contribution in [1.29, 1.82) is 0 Å². The van der Waals surface area contributed by atoms with Crippen molar-refractivity contribution in [3.8, 4) is 0 Å². The average Bonchev–Trinajstić information content (AvgIpc) is 2.83. The van der Waals surface area contributed by atoms with Crippen LogP contribution in [0, 0.1) is 0 Å². The minimum Gasteiger partial charge on any atom is -0.307 e. The van der Waals surface area contributed by atoms with Crippen molar-refractivity contribution < 1.29 is 0 Å². The molecule has 0 aliphatic carbocycles. The first-order valence-electron chi connectivity index (χ1n) is 5.33. The number of pyridine rings is 1. The van der Waals surface area contributed by atoms with Gasteiger partial charge in [-0.2, -0.15) is 5.10 Å². The van der Waals surface area contributed by atoms with Gasteiger partial charge in [0.15, 0.2) is 0 Å². The smallest absolute Gasteiger partial charge is 0.137 e. The van der Waals surface area contributed by atoms with E-state index >= 15 is 0 Å². The van der Waals surface area contributed by atoms with Gasteiger partial charge in [-0.25, -0.2) is 4.98 Å². The highest BCUT2D eigenvalue weighted by atomic mass is 15.3. The van der Waals surface area contributed by atoms with Gasteiger partial charge in [0.1, 0.15) is 12.7 Å². The summed E-state index contributed by atoms with van der Waals surface area (Å²) in [6, 6.07) is 6.20. The van der Waals surface area contributed by atoms with Crippen LogP contribution in [-0.2, 0) is 6.54 Å². The molecule has 0 aliphatic rings. The minimum atomic E-state index is 0.254. The van der Waals surface area contributed by atoms with E-state index in [4.69, 9.17) is 0 Å². The van der Waals surface area contributed by atoms with Crippen LogP contribution in [0.2, 0.25) is 0 Å².